The van der Waals surface area contributed by atoms with Gasteiger partial charge in [0.25, 0.3) is 0 Å². The maximum atomic E-state index is 12.9. The highest BCUT2D eigenvalue weighted by atomic mass is 16.4. The van der Waals surface area contributed by atoms with E-state index < -0.39 is 5.76 Å². The topological polar surface area (TPSA) is 68.3 Å². The largest absolute Gasteiger partial charge is 0.437 e. The Kier molecular flexibility index (Phi) is 5.34. The minimum Gasteiger partial charge on any atom is -0.388 e. The number of hydrogen-bond acceptors (Lipinski definition) is 4. The maximum Gasteiger partial charge on any atom is 0.437 e. The van der Waals surface area contributed by atoms with Gasteiger partial charge in [0.05, 0.1) is 12.0 Å². The zero-order chi connectivity index (χ0) is 20.4. The van der Waals surface area contributed by atoms with Gasteiger partial charge in [-0.25, -0.2) is 4.79 Å². The second-order valence-corrected chi connectivity index (χ2v) is 7.67. The lowest BCUT2D eigenvalue weighted by Crippen LogP contribution is -2.42. The molecule has 1 amide bonds. The van der Waals surface area contributed by atoms with Crippen LogP contribution in [-0.4, -0.2) is 33.7 Å². The summed E-state index contributed by atoms with van der Waals surface area (Å²) in [6.45, 7) is 5.21. The van der Waals surface area contributed by atoms with Crippen LogP contribution < -0.4 is 5.76 Å². The highest BCUT2D eigenvalue weighted by Gasteiger charge is 2.29. The number of amides is 1. The number of aromatic nitrogens is 2. The Labute approximate surface area is 169 Å². The summed E-state index contributed by atoms with van der Waals surface area (Å²) in [5, 5.41) is 4.40. The summed E-state index contributed by atoms with van der Waals surface area (Å²) in [4.78, 5) is 27.1. The molecule has 1 aliphatic heterocycles. The predicted molar refractivity (Wildman–Crippen MR) is 111 cm³/mol. The van der Waals surface area contributed by atoms with Crippen molar-refractivity contribution in [1.82, 2.24) is 14.7 Å². The Balaban J connectivity index is 1.42. The van der Waals surface area contributed by atoms with Crippen LogP contribution in [0.15, 0.2) is 63.8 Å². The van der Waals surface area contributed by atoms with Crippen molar-refractivity contribution in [2.75, 3.05) is 13.1 Å². The van der Waals surface area contributed by atoms with Gasteiger partial charge in [-0.05, 0) is 44.4 Å². The van der Waals surface area contributed by atoms with Crippen LogP contribution in [-0.2, 0) is 4.79 Å². The molecular weight excluding hydrogens is 366 g/mol. The lowest BCUT2D eigenvalue weighted by atomic mass is 9.97. The first kappa shape index (κ1) is 19.2. The molecule has 0 radical (unpaired) electrons. The molecule has 1 saturated heterocycles. The number of carbonyl (C=O) groups is 1. The molecular formula is C23H25N3O3. The van der Waals surface area contributed by atoms with Crippen molar-refractivity contribution in [3.05, 3.63) is 76.3 Å². The van der Waals surface area contributed by atoms with E-state index in [-0.39, 0.29) is 17.9 Å². The molecule has 0 N–H and O–H groups in total. The number of piperidine rings is 1. The van der Waals surface area contributed by atoms with Crippen LogP contribution in [0.25, 0.3) is 11.5 Å². The first-order chi connectivity index (χ1) is 14.0. The Morgan fingerprint density at radius 1 is 1.07 bits per heavy atom. The van der Waals surface area contributed by atoms with Gasteiger partial charge in [-0.1, -0.05) is 48.0 Å². The summed E-state index contributed by atoms with van der Waals surface area (Å²) in [5.74, 6) is -0.153. The third kappa shape index (κ3) is 4.01. The Hall–Kier alpha value is -3.15. The van der Waals surface area contributed by atoms with Crippen molar-refractivity contribution in [3.8, 4) is 11.5 Å². The van der Waals surface area contributed by atoms with E-state index in [1.807, 2.05) is 73.3 Å². The van der Waals surface area contributed by atoms with E-state index in [0.717, 1.165) is 11.1 Å². The fourth-order valence-electron chi connectivity index (χ4n) is 3.82. The number of nitrogens with zero attached hydrogens (tertiary/aromatic N) is 3. The van der Waals surface area contributed by atoms with E-state index in [0.29, 0.717) is 31.8 Å². The molecule has 0 unspecified atom stereocenters. The van der Waals surface area contributed by atoms with E-state index in [1.54, 1.807) is 0 Å². The second-order valence-electron chi connectivity index (χ2n) is 7.67. The molecule has 6 nitrogen and oxygen atoms in total. The molecule has 150 valence electrons. The second kappa shape index (κ2) is 8.07. The van der Waals surface area contributed by atoms with Crippen molar-refractivity contribution >= 4 is 5.91 Å². The maximum absolute atomic E-state index is 12.9. The zero-order valence-electron chi connectivity index (χ0n) is 16.7. The highest BCUT2D eigenvalue weighted by molar-refractivity contribution is 5.83. The van der Waals surface area contributed by atoms with E-state index in [4.69, 9.17) is 4.42 Å². The third-order valence-electron chi connectivity index (χ3n) is 5.66. The lowest BCUT2D eigenvalue weighted by Gasteiger charge is -2.33. The lowest BCUT2D eigenvalue weighted by molar-refractivity contribution is -0.133. The summed E-state index contributed by atoms with van der Waals surface area (Å²) in [6.07, 6.45) is 1.38. The van der Waals surface area contributed by atoms with Gasteiger partial charge >= 0.3 is 5.76 Å². The minimum absolute atomic E-state index is 0.0533. The van der Waals surface area contributed by atoms with E-state index >= 15 is 0 Å². The molecule has 1 aromatic heterocycles. The quantitative estimate of drug-likeness (QED) is 0.679. The van der Waals surface area contributed by atoms with E-state index in [9.17, 15) is 9.59 Å². The van der Waals surface area contributed by atoms with Crippen LogP contribution in [0.2, 0.25) is 0 Å². The molecule has 29 heavy (non-hydrogen) atoms. The van der Waals surface area contributed by atoms with Gasteiger partial charge in [0.1, 0.15) is 0 Å². The van der Waals surface area contributed by atoms with Gasteiger partial charge in [-0.15, -0.1) is 5.10 Å². The van der Waals surface area contributed by atoms with Crippen LogP contribution in [0, 0.1) is 6.92 Å². The summed E-state index contributed by atoms with van der Waals surface area (Å²) in [7, 11) is 0. The minimum atomic E-state index is -0.443. The molecule has 6 heteroatoms. The molecule has 3 aromatic rings. The summed E-state index contributed by atoms with van der Waals surface area (Å²) in [5.41, 5.74) is 2.99. The average Bonchev–Trinajstić information content (AvgIpc) is 3.15. The fourth-order valence-corrected chi connectivity index (χ4v) is 3.82. The molecule has 1 atom stereocenters. The highest BCUT2D eigenvalue weighted by Crippen LogP contribution is 2.26. The Morgan fingerprint density at radius 2 is 1.72 bits per heavy atom. The third-order valence-corrected chi connectivity index (χ3v) is 5.66. The van der Waals surface area contributed by atoms with E-state index in [1.165, 1.54) is 10.2 Å². The van der Waals surface area contributed by atoms with Crippen molar-refractivity contribution in [1.29, 1.82) is 0 Å². The molecule has 2 aromatic carbocycles. The Morgan fingerprint density at radius 3 is 2.38 bits per heavy atom. The van der Waals surface area contributed by atoms with Gasteiger partial charge in [-0.2, -0.15) is 4.68 Å². The monoisotopic (exact) mass is 391 g/mol. The number of hydrogen-bond donors (Lipinski definition) is 0. The number of likely N-dealkylation sites (tertiary alicyclic amines) is 1. The van der Waals surface area contributed by atoms with Crippen molar-refractivity contribution in [2.45, 2.75) is 38.6 Å². The number of aryl methyl sites for hydroxylation is 1. The van der Waals surface area contributed by atoms with Crippen LogP contribution in [0.3, 0.4) is 0 Å². The Bertz CT molecular complexity index is 1030. The first-order valence-electron chi connectivity index (χ1n) is 10.0. The van der Waals surface area contributed by atoms with Crippen LogP contribution in [0.5, 0.6) is 0 Å². The number of rotatable bonds is 4. The molecule has 4 rings (SSSR count). The van der Waals surface area contributed by atoms with Gasteiger partial charge in [0.2, 0.25) is 11.8 Å². The van der Waals surface area contributed by atoms with Crippen molar-refractivity contribution in [3.63, 3.8) is 0 Å². The normalized spacial score (nSPS) is 16.0. The number of benzene rings is 2. The van der Waals surface area contributed by atoms with Crippen LogP contribution >= 0.6 is 0 Å². The van der Waals surface area contributed by atoms with Crippen molar-refractivity contribution in [2.24, 2.45) is 0 Å². The first-order valence-corrected chi connectivity index (χ1v) is 10.0. The van der Waals surface area contributed by atoms with Gasteiger partial charge in [0.15, 0.2) is 0 Å². The summed E-state index contributed by atoms with van der Waals surface area (Å²) >= 11 is 0. The van der Waals surface area contributed by atoms with Gasteiger partial charge < -0.3 is 9.32 Å². The molecule has 2 heterocycles. The number of carbonyl (C=O) groups excluding carboxylic acids is 1. The fraction of sp³-hybridized carbons (Fsp3) is 0.348. The molecule has 1 aliphatic rings. The zero-order valence-corrected chi connectivity index (χ0v) is 16.7. The molecule has 0 saturated carbocycles. The van der Waals surface area contributed by atoms with Gasteiger partial charge in [-0.3, -0.25) is 4.79 Å². The van der Waals surface area contributed by atoms with Crippen molar-refractivity contribution < 1.29 is 9.21 Å². The predicted octanol–water partition coefficient (Wildman–Crippen LogP) is 3.78. The smallest absolute Gasteiger partial charge is 0.388 e. The SMILES string of the molecule is Cc1ccc([C@@H](C)C(=O)N2CCC(n3nc(-c4ccccc4)oc3=O)CC2)cc1. The standard InChI is InChI=1S/C23H25N3O3/c1-16-8-10-18(11-9-16)17(2)22(27)25-14-12-20(13-15-25)26-23(28)29-21(24-26)19-6-4-3-5-7-19/h3-11,17,20H,12-15H2,1-2H3/t17-/m1/s1. The average molecular weight is 391 g/mol. The molecule has 0 spiro atoms. The van der Waals surface area contributed by atoms with E-state index in [2.05, 4.69) is 5.10 Å². The molecule has 0 bridgehead atoms. The molecule has 1 fully saturated rings. The summed E-state index contributed by atoms with van der Waals surface area (Å²) < 4.78 is 6.79. The van der Waals surface area contributed by atoms with Gasteiger partial charge in [0, 0.05) is 18.7 Å². The van der Waals surface area contributed by atoms with Crippen LogP contribution in [0.1, 0.15) is 42.9 Å². The van der Waals surface area contributed by atoms with Crippen LogP contribution in [0.4, 0.5) is 0 Å². The molecule has 0 aliphatic carbocycles. The summed E-state index contributed by atoms with van der Waals surface area (Å²) in [6, 6.07) is 17.5.